The van der Waals surface area contributed by atoms with Crippen molar-refractivity contribution in [1.82, 2.24) is 4.90 Å². The maximum atomic E-state index is 12.7. The Morgan fingerprint density at radius 3 is 2.57 bits per heavy atom. The first kappa shape index (κ1) is 17.6. The van der Waals surface area contributed by atoms with Crippen molar-refractivity contribution >= 4 is 5.91 Å². The van der Waals surface area contributed by atoms with Crippen LogP contribution in [-0.4, -0.2) is 44.8 Å². The minimum Gasteiger partial charge on any atom is -0.493 e. The zero-order valence-corrected chi connectivity index (χ0v) is 14.7. The summed E-state index contributed by atoms with van der Waals surface area (Å²) in [5.41, 5.74) is 2.14. The molecule has 1 aromatic carbocycles. The van der Waals surface area contributed by atoms with Crippen molar-refractivity contribution in [1.29, 1.82) is 0 Å². The third kappa shape index (κ3) is 3.96. The topological polar surface area (TPSA) is 48.0 Å². The van der Waals surface area contributed by atoms with Gasteiger partial charge in [0.05, 0.1) is 26.2 Å². The summed E-state index contributed by atoms with van der Waals surface area (Å²) >= 11 is 0. The Bertz CT molecular complexity index is 558. The lowest BCUT2D eigenvalue weighted by molar-refractivity contribution is -0.143. The second-order valence-electron chi connectivity index (χ2n) is 6.15. The van der Waals surface area contributed by atoms with Crippen LogP contribution in [0.25, 0.3) is 0 Å². The van der Waals surface area contributed by atoms with E-state index in [2.05, 4.69) is 0 Å². The van der Waals surface area contributed by atoms with Gasteiger partial charge in [0.15, 0.2) is 11.5 Å². The van der Waals surface area contributed by atoms with Gasteiger partial charge in [0.1, 0.15) is 0 Å². The van der Waals surface area contributed by atoms with E-state index in [1.807, 2.05) is 33.0 Å². The van der Waals surface area contributed by atoms with Crippen LogP contribution in [0.1, 0.15) is 30.9 Å². The maximum Gasteiger partial charge on any atom is 0.228 e. The van der Waals surface area contributed by atoms with Crippen LogP contribution in [0.3, 0.4) is 0 Å². The molecule has 5 heteroatoms. The van der Waals surface area contributed by atoms with Crippen molar-refractivity contribution in [2.75, 3.05) is 27.9 Å². The lowest BCUT2D eigenvalue weighted by Gasteiger charge is -2.31. The van der Waals surface area contributed by atoms with Crippen LogP contribution in [0.15, 0.2) is 12.1 Å². The number of hydrogen-bond acceptors (Lipinski definition) is 4. The standard InChI is InChI=1S/C18H27NO4/c1-12-9-16(21-4)17(22-5)10-14(12)11-19(3)18(20)15-7-6-8-23-13(15)2/h9-10,13,15H,6-8,11H2,1-5H3/t13-,15-/m0/s1. The number of aryl methyl sites for hydroxylation is 1. The molecule has 23 heavy (non-hydrogen) atoms. The third-order valence-corrected chi connectivity index (χ3v) is 4.55. The highest BCUT2D eigenvalue weighted by Crippen LogP contribution is 2.31. The molecule has 0 aromatic heterocycles. The summed E-state index contributed by atoms with van der Waals surface area (Å²) in [5.74, 6) is 1.49. The normalized spacial score (nSPS) is 20.9. The second-order valence-corrected chi connectivity index (χ2v) is 6.15. The van der Waals surface area contributed by atoms with Crippen molar-refractivity contribution in [2.24, 2.45) is 5.92 Å². The summed E-state index contributed by atoms with van der Waals surface area (Å²) in [6, 6.07) is 3.89. The first-order valence-corrected chi connectivity index (χ1v) is 8.06. The number of nitrogens with zero attached hydrogens (tertiary/aromatic N) is 1. The number of amides is 1. The van der Waals surface area contributed by atoms with Crippen LogP contribution in [-0.2, 0) is 16.1 Å². The Morgan fingerprint density at radius 1 is 1.30 bits per heavy atom. The van der Waals surface area contributed by atoms with Gasteiger partial charge in [0.2, 0.25) is 5.91 Å². The van der Waals surface area contributed by atoms with E-state index in [0.717, 1.165) is 30.6 Å². The fourth-order valence-corrected chi connectivity index (χ4v) is 3.06. The first-order valence-electron chi connectivity index (χ1n) is 8.06. The van der Waals surface area contributed by atoms with E-state index >= 15 is 0 Å². The molecule has 0 saturated carbocycles. The molecule has 5 nitrogen and oxygen atoms in total. The summed E-state index contributed by atoms with van der Waals surface area (Å²) in [6.07, 6.45) is 1.84. The van der Waals surface area contributed by atoms with Gasteiger partial charge in [0.25, 0.3) is 0 Å². The van der Waals surface area contributed by atoms with Crippen LogP contribution in [0.5, 0.6) is 11.5 Å². The Labute approximate surface area is 138 Å². The quantitative estimate of drug-likeness (QED) is 0.837. The van der Waals surface area contributed by atoms with E-state index in [1.54, 1.807) is 19.1 Å². The van der Waals surface area contributed by atoms with Crippen LogP contribution in [0.4, 0.5) is 0 Å². The van der Waals surface area contributed by atoms with E-state index in [1.165, 1.54) is 0 Å². The van der Waals surface area contributed by atoms with E-state index in [4.69, 9.17) is 14.2 Å². The van der Waals surface area contributed by atoms with Gasteiger partial charge in [-0.1, -0.05) is 0 Å². The first-order chi connectivity index (χ1) is 11.0. The fourth-order valence-electron chi connectivity index (χ4n) is 3.06. The van der Waals surface area contributed by atoms with Crippen LogP contribution >= 0.6 is 0 Å². The molecular weight excluding hydrogens is 294 g/mol. The van der Waals surface area contributed by atoms with Gasteiger partial charge >= 0.3 is 0 Å². The van der Waals surface area contributed by atoms with Gasteiger partial charge in [-0.15, -0.1) is 0 Å². The number of carbonyl (C=O) groups excluding carboxylic acids is 1. The number of carbonyl (C=O) groups is 1. The molecule has 1 heterocycles. The van der Waals surface area contributed by atoms with Gasteiger partial charge in [-0.25, -0.2) is 0 Å². The molecule has 0 spiro atoms. The number of rotatable bonds is 5. The lowest BCUT2D eigenvalue weighted by atomic mass is 9.93. The van der Waals surface area contributed by atoms with Crippen LogP contribution in [0.2, 0.25) is 0 Å². The maximum absolute atomic E-state index is 12.7. The summed E-state index contributed by atoms with van der Waals surface area (Å²) < 4.78 is 16.3. The summed E-state index contributed by atoms with van der Waals surface area (Å²) in [5, 5.41) is 0. The minimum atomic E-state index is -0.0470. The van der Waals surface area contributed by atoms with Gasteiger partial charge in [0, 0.05) is 20.2 Å². The van der Waals surface area contributed by atoms with E-state index in [0.29, 0.717) is 18.0 Å². The molecule has 128 valence electrons. The largest absolute Gasteiger partial charge is 0.493 e. The number of methoxy groups -OCH3 is 2. The molecule has 1 aliphatic rings. The highest BCUT2D eigenvalue weighted by atomic mass is 16.5. The summed E-state index contributed by atoms with van der Waals surface area (Å²) in [4.78, 5) is 14.5. The molecule has 1 aliphatic heterocycles. The van der Waals surface area contributed by atoms with Gasteiger partial charge in [-0.3, -0.25) is 4.79 Å². The van der Waals surface area contributed by atoms with Crippen molar-refractivity contribution in [3.05, 3.63) is 23.3 Å². The average Bonchev–Trinajstić information content (AvgIpc) is 2.55. The monoisotopic (exact) mass is 321 g/mol. The molecule has 0 unspecified atom stereocenters. The zero-order valence-electron chi connectivity index (χ0n) is 14.7. The van der Waals surface area contributed by atoms with Crippen molar-refractivity contribution < 1.29 is 19.0 Å². The highest BCUT2D eigenvalue weighted by Gasteiger charge is 2.30. The lowest BCUT2D eigenvalue weighted by Crippen LogP contribution is -2.41. The summed E-state index contributed by atoms with van der Waals surface area (Å²) in [6.45, 7) is 5.30. The van der Waals surface area contributed by atoms with Crippen LogP contribution in [0, 0.1) is 12.8 Å². The molecule has 1 saturated heterocycles. The van der Waals surface area contributed by atoms with Gasteiger partial charge in [-0.2, -0.15) is 0 Å². The fraction of sp³-hybridized carbons (Fsp3) is 0.611. The van der Waals surface area contributed by atoms with E-state index < -0.39 is 0 Å². The molecule has 1 aromatic rings. The molecule has 0 aliphatic carbocycles. The molecule has 1 fully saturated rings. The predicted octanol–water partition coefficient (Wildman–Crippen LogP) is 2.79. The average molecular weight is 321 g/mol. The second kappa shape index (κ2) is 7.68. The smallest absolute Gasteiger partial charge is 0.228 e. The molecule has 2 rings (SSSR count). The molecule has 0 bridgehead atoms. The Hall–Kier alpha value is -1.75. The van der Waals surface area contributed by atoms with Crippen molar-refractivity contribution in [3.63, 3.8) is 0 Å². The van der Waals surface area contributed by atoms with E-state index in [-0.39, 0.29) is 17.9 Å². The summed E-state index contributed by atoms with van der Waals surface area (Å²) in [7, 11) is 5.09. The Kier molecular flexibility index (Phi) is 5.88. The Morgan fingerprint density at radius 2 is 1.96 bits per heavy atom. The Balaban J connectivity index is 2.13. The molecule has 2 atom stereocenters. The molecule has 0 N–H and O–H groups in total. The zero-order chi connectivity index (χ0) is 17.0. The van der Waals surface area contributed by atoms with Gasteiger partial charge < -0.3 is 19.1 Å². The van der Waals surface area contributed by atoms with Crippen molar-refractivity contribution in [2.45, 2.75) is 39.3 Å². The number of hydrogen-bond donors (Lipinski definition) is 0. The SMILES string of the molecule is COc1cc(C)c(CN(C)C(=O)[C@H]2CCCO[C@H]2C)cc1OC. The van der Waals surface area contributed by atoms with Gasteiger partial charge in [-0.05, 0) is 49.9 Å². The molecule has 1 amide bonds. The number of benzene rings is 1. The van der Waals surface area contributed by atoms with Crippen molar-refractivity contribution in [3.8, 4) is 11.5 Å². The molecule has 0 radical (unpaired) electrons. The number of ether oxygens (including phenoxy) is 3. The van der Waals surface area contributed by atoms with Crippen LogP contribution < -0.4 is 9.47 Å². The highest BCUT2D eigenvalue weighted by molar-refractivity contribution is 5.79. The molecular formula is C18H27NO4. The van der Waals surface area contributed by atoms with E-state index in [9.17, 15) is 4.79 Å². The minimum absolute atomic E-state index is 0.00907. The third-order valence-electron chi connectivity index (χ3n) is 4.55. The predicted molar refractivity (Wildman–Crippen MR) is 88.9 cm³/mol.